The molecule has 0 atom stereocenters. The Balaban J connectivity index is 2.37. The fourth-order valence-electron chi connectivity index (χ4n) is 2.43. The van der Waals surface area contributed by atoms with Crippen molar-refractivity contribution < 1.29 is 19.6 Å². The van der Waals surface area contributed by atoms with Gasteiger partial charge in [-0.25, -0.2) is 4.79 Å². The third-order valence-corrected chi connectivity index (χ3v) is 3.48. The van der Waals surface area contributed by atoms with Crippen LogP contribution in [0.5, 0.6) is 0 Å². The van der Waals surface area contributed by atoms with Crippen LogP contribution in [0.4, 0.5) is 11.4 Å². The molecule has 1 aromatic rings. The molecule has 1 heterocycles. The minimum absolute atomic E-state index is 0.0596. The van der Waals surface area contributed by atoms with E-state index >= 15 is 0 Å². The van der Waals surface area contributed by atoms with Crippen LogP contribution >= 0.6 is 0 Å². The molecule has 0 aliphatic carbocycles. The number of carboxylic acid groups (broad SMARTS) is 1. The van der Waals surface area contributed by atoms with Crippen molar-refractivity contribution in [2.75, 3.05) is 31.1 Å². The summed E-state index contributed by atoms with van der Waals surface area (Å²) >= 11 is 0. The van der Waals surface area contributed by atoms with E-state index in [0.717, 1.165) is 0 Å². The normalized spacial score (nSPS) is 14.9. The molecule has 0 bridgehead atoms. The minimum atomic E-state index is -1.21. The number of carbonyl (C=O) groups excluding carboxylic acids is 1. The van der Waals surface area contributed by atoms with Gasteiger partial charge in [0.15, 0.2) is 0 Å². The van der Waals surface area contributed by atoms with Gasteiger partial charge in [0.05, 0.1) is 10.5 Å². The maximum absolute atomic E-state index is 11.3. The average Bonchev–Trinajstić information content (AvgIpc) is 2.46. The molecule has 8 nitrogen and oxygen atoms in total. The lowest BCUT2D eigenvalue weighted by Crippen LogP contribution is -2.48. The van der Waals surface area contributed by atoms with E-state index in [1.54, 1.807) is 9.80 Å². The predicted octanol–water partition coefficient (Wildman–Crippen LogP) is 0.961. The molecule has 1 aliphatic rings. The van der Waals surface area contributed by atoms with E-state index in [1.165, 1.54) is 25.1 Å². The zero-order valence-electron chi connectivity index (χ0n) is 11.5. The summed E-state index contributed by atoms with van der Waals surface area (Å²) < 4.78 is 0. The Morgan fingerprint density at radius 2 is 1.86 bits per heavy atom. The van der Waals surface area contributed by atoms with Crippen LogP contribution in [0.2, 0.25) is 0 Å². The second-order valence-corrected chi connectivity index (χ2v) is 4.73. The number of carbonyl (C=O) groups is 2. The highest BCUT2D eigenvalue weighted by molar-refractivity contribution is 5.97. The third-order valence-electron chi connectivity index (χ3n) is 3.48. The molecule has 0 spiro atoms. The molecule has 2 rings (SSSR count). The number of benzene rings is 1. The van der Waals surface area contributed by atoms with Crippen LogP contribution in [-0.4, -0.2) is 53.0 Å². The largest absolute Gasteiger partial charge is 0.478 e. The number of carboxylic acids is 1. The Morgan fingerprint density at radius 1 is 1.24 bits per heavy atom. The quantitative estimate of drug-likeness (QED) is 0.657. The van der Waals surface area contributed by atoms with Crippen LogP contribution in [0.1, 0.15) is 17.3 Å². The summed E-state index contributed by atoms with van der Waals surface area (Å²) in [5.74, 6) is -1.27. The maximum Gasteiger partial charge on any atom is 0.338 e. The molecule has 8 heteroatoms. The maximum atomic E-state index is 11.3. The third kappa shape index (κ3) is 2.93. The lowest BCUT2D eigenvalue weighted by atomic mass is 10.1. The van der Waals surface area contributed by atoms with Gasteiger partial charge >= 0.3 is 5.97 Å². The van der Waals surface area contributed by atoms with Gasteiger partial charge < -0.3 is 14.9 Å². The molecular formula is C13H15N3O5. The topological polar surface area (TPSA) is 104 Å². The van der Waals surface area contributed by atoms with Gasteiger partial charge in [-0.3, -0.25) is 14.9 Å². The highest BCUT2D eigenvalue weighted by Crippen LogP contribution is 2.32. The molecular weight excluding hydrogens is 278 g/mol. The van der Waals surface area contributed by atoms with Crippen molar-refractivity contribution in [3.63, 3.8) is 0 Å². The molecule has 1 aromatic carbocycles. The predicted molar refractivity (Wildman–Crippen MR) is 74.5 cm³/mol. The molecule has 1 aliphatic heterocycles. The summed E-state index contributed by atoms with van der Waals surface area (Å²) in [5.41, 5.74) is -0.218. The number of piperazine rings is 1. The number of amides is 1. The van der Waals surface area contributed by atoms with Gasteiger partial charge in [0.25, 0.3) is 5.69 Å². The SMILES string of the molecule is CC(=O)N1CCN(c2c(C(=O)O)cccc2[N+](=O)[O-])CC1. The first-order valence-electron chi connectivity index (χ1n) is 6.43. The fourth-order valence-corrected chi connectivity index (χ4v) is 2.43. The monoisotopic (exact) mass is 293 g/mol. The van der Waals surface area contributed by atoms with Crippen molar-refractivity contribution in [2.45, 2.75) is 6.92 Å². The van der Waals surface area contributed by atoms with E-state index in [9.17, 15) is 24.8 Å². The smallest absolute Gasteiger partial charge is 0.338 e. The van der Waals surface area contributed by atoms with Crippen molar-refractivity contribution in [1.29, 1.82) is 0 Å². The minimum Gasteiger partial charge on any atom is -0.478 e. The lowest BCUT2D eigenvalue weighted by molar-refractivity contribution is -0.384. The summed E-state index contributed by atoms with van der Waals surface area (Å²) in [6.45, 7) is 3.03. The van der Waals surface area contributed by atoms with Gasteiger partial charge in [-0.15, -0.1) is 0 Å². The first-order chi connectivity index (χ1) is 9.91. The van der Waals surface area contributed by atoms with E-state index in [-0.39, 0.29) is 22.8 Å². The van der Waals surface area contributed by atoms with Gasteiger partial charge in [0.2, 0.25) is 5.91 Å². The number of hydrogen-bond acceptors (Lipinski definition) is 5. The van der Waals surface area contributed by atoms with Crippen LogP contribution in [0.15, 0.2) is 18.2 Å². The van der Waals surface area contributed by atoms with Crippen LogP contribution in [0.3, 0.4) is 0 Å². The zero-order chi connectivity index (χ0) is 15.6. The summed E-state index contributed by atoms with van der Waals surface area (Å²) in [4.78, 5) is 36.4. The van der Waals surface area contributed by atoms with Crippen molar-refractivity contribution in [3.8, 4) is 0 Å². The van der Waals surface area contributed by atoms with E-state index in [0.29, 0.717) is 26.2 Å². The Hall–Kier alpha value is -2.64. The van der Waals surface area contributed by atoms with Gasteiger partial charge in [-0.05, 0) is 6.07 Å². The summed E-state index contributed by atoms with van der Waals surface area (Å²) in [7, 11) is 0. The highest BCUT2D eigenvalue weighted by Gasteiger charge is 2.29. The molecule has 21 heavy (non-hydrogen) atoms. The molecule has 1 fully saturated rings. The number of para-hydroxylation sites is 1. The molecule has 1 saturated heterocycles. The van der Waals surface area contributed by atoms with E-state index in [4.69, 9.17) is 0 Å². The molecule has 0 radical (unpaired) electrons. The Kier molecular flexibility index (Phi) is 4.06. The van der Waals surface area contributed by atoms with Gasteiger partial charge in [-0.2, -0.15) is 0 Å². The van der Waals surface area contributed by atoms with Crippen molar-refractivity contribution in [1.82, 2.24) is 4.90 Å². The van der Waals surface area contributed by atoms with Crippen molar-refractivity contribution >= 4 is 23.3 Å². The molecule has 0 aromatic heterocycles. The number of nitro benzene ring substituents is 1. The van der Waals surface area contributed by atoms with Crippen molar-refractivity contribution in [2.24, 2.45) is 0 Å². The van der Waals surface area contributed by atoms with Gasteiger partial charge in [0.1, 0.15) is 5.69 Å². The van der Waals surface area contributed by atoms with E-state index in [1.807, 2.05) is 0 Å². The second kappa shape index (κ2) is 5.78. The average molecular weight is 293 g/mol. The highest BCUT2D eigenvalue weighted by atomic mass is 16.6. The van der Waals surface area contributed by atoms with Crippen LogP contribution in [-0.2, 0) is 4.79 Å². The fraction of sp³-hybridized carbons (Fsp3) is 0.385. The molecule has 0 saturated carbocycles. The van der Waals surface area contributed by atoms with E-state index < -0.39 is 10.9 Å². The van der Waals surface area contributed by atoms with Crippen molar-refractivity contribution in [3.05, 3.63) is 33.9 Å². The first kappa shape index (κ1) is 14.8. The number of anilines is 1. The Morgan fingerprint density at radius 3 is 2.33 bits per heavy atom. The molecule has 112 valence electrons. The van der Waals surface area contributed by atoms with Gasteiger partial charge in [0, 0.05) is 39.2 Å². The summed E-state index contributed by atoms with van der Waals surface area (Å²) in [6, 6.07) is 4.00. The summed E-state index contributed by atoms with van der Waals surface area (Å²) in [5, 5.41) is 20.4. The summed E-state index contributed by atoms with van der Waals surface area (Å²) in [6.07, 6.45) is 0. The van der Waals surface area contributed by atoms with Crippen LogP contribution in [0, 0.1) is 10.1 Å². The van der Waals surface area contributed by atoms with E-state index in [2.05, 4.69) is 0 Å². The Labute approximate surface area is 120 Å². The van der Waals surface area contributed by atoms with Crippen LogP contribution in [0.25, 0.3) is 0 Å². The second-order valence-electron chi connectivity index (χ2n) is 4.73. The van der Waals surface area contributed by atoms with Gasteiger partial charge in [-0.1, -0.05) is 6.07 Å². The molecule has 0 unspecified atom stereocenters. The number of aromatic carboxylic acids is 1. The molecule has 1 N–H and O–H groups in total. The zero-order valence-corrected chi connectivity index (χ0v) is 11.5. The molecule has 1 amide bonds. The number of nitrogens with zero attached hydrogens (tertiary/aromatic N) is 3. The number of nitro groups is 1. The number of rotatable bonds is 3. The standard InChI is InChI=1S/C13H15N3O5/c1-9(17)14-5-7-15(8-6-14)12-10(13(18)19)3-2-4-11(12)16(20)21/h2-4H,5-8H2,1H3,(H,18,19). The number of hydrogen-bond donors (Lipinski definition) is 1. The lowest BCUT2D eigenvalue weighted by Gasteiger charge is -2.35. The van der Waals surface area contributed by atoms with Crippen LogP contribution < -0.4 is 4.90 Å². The Bertz CT molecular complexity index is 561. The first-order valence-corrected chi connectivity index (χ1v) is 6.43.